The lowest BCUT2D eigenvalue weighted by molar-refractivity contribution is -0.136. The van der Waals surface area contributed by atoms with Crippen molar-refractivity contribution in [2.75, 3.05) is 36.5 Å². The molecule has 3 atom stereocenters. The molecule has 1 aromatic carbocycles. The van der Waals surface area contributed by atoms with Gasteiger partial charge in [-0.2, -0.15) is 0 Å². The Kier molecular flexibility index (Phi) is 6.21. The fourth-order valence-corrected chi connectivity index (χ4v) is 7.74. The van der Waals surface area contributed by atoms with Crippen molar-refractivity contribution in [1.29, 1.82) is 0 Å². The zero-order chi connectivity index (χ0) is 26.6. The third-order valence-electron chi connectivity index (χ3n) is 9.21. The Labute approximate surface area is 222 Å². The summed E-state index contributed by atoms with van der Waals surface area (Å²) in [7, 11) is 1.48. The van der Waals surface area contributed by atoms with Gasteiger partial charge in [0.2, 0.25) is 0 Å². The van der Waals surface area contributed by atoms with Gasteiger partial charge in [-0.05, 0) is 81.0 Å². The molecule has 3 N–H and O–H groups in total. The van der Waals surface area contributed by atoms with Crippen LogP contribution in [0.1, 0.15) is 59.9 Å². The molecule has 1 aliphatic heterocycles. The van der Waals surface area contributed by atoms with E-state index < -0.39 is 11.6 Å². The summed E-state index contributed by atoms with van der Waals surface area (Å²) in [5, 5.41) is 23.5. The Morgan fingerprint density at radius 2 is 1.87 bits per heavy atom. The predicted octanol–water partition coefficient (Wildman–Crippen LogP) is 3.17. The summed E-state index contributed by atoms with van der Waals surface area (Å²) in [5.74, 6) is 1.30. The van der Waals surface area contributed by atoms with Crippen molar-refractivity contribution in [2.45, 2.75) is 56.7 Å². The average molecular weight is 521 g/mol. The number of nitrogens with zero attached hydrogens (tertiary/aromatic N) is 3. The summed E-state index contributed by atoms with van der Waals surface area (Å²) in [6.45, 7) is 4.30. The van der Waals surface area contributed by atoms with E-state index in [0.717, 1.165) is 63.2 Å². The number of amides is 1. The van der Waals surface area contributed by atoms with E-state index in [4.69, 9.17) is 9.72 Å². The van der Waals surface area contributed by atoms with Gasteiger partial charge in [-0.25, -0.2) is 9.78 Å². The molecule has 4 aliphatic carbocycles. The van der Waals surface area contributed by atoms with Crippen LogP contribution in [0.4, 0.5) is 11.5 Å². The van der Waals surface area contributed by atoms with E-state index in [9.17, 15) is 19.8 Å². The Balaban J connectivity index is 1.12. The van der Waals surface area contributed by atoms with Crippen LogP contribution in [0.25, 0.3) is 0 Å². The Hall–Kier alpha value is -3.33. The van der Waals surface area contributed by atoms with Crippen LogP contribution in [0.3, 0.4) is 0 Å². The molecule has 2 heterocycles. The highest BCUT2D eigenvalue weighted by Gasteiger charge is 2.55. The molecule has 38 heavy (non-hydrogen) atoms. The molecule has 1 aromatic heterocycles. The van der Waals surface area contributed by atoms with Crippen LogP contribution >= 0.6 is 0 Å². The van der Waals surface area contributed by atoms with Crippen molar-refractivity contribution in [1.82, 2.24) is 10.3 Å². The second kappa shape index (κ2) is 9.45. The molecule has 5 aliphatic rings. The lowest BCUT2D eigenvalue weighted by Crippen LogP contribution is -2.61. The first kappa shape index (κ1) is 25.0. The van der Waals surface area contributed by atoms with Crippen molar-refractivity contribution in [3.05, 3.63) is 47.7 Å². The maximum atomic E-state index is 13.3. The fourth-order valence-electron chi connectivity index (χ4n) is 7.74. The lowest BCUT2D eigenvalue weighted by atomic mass is 9.52. The number of benzene rings is 1. The molecule has 9 nitrogen and oxygen atoms in total. The minimum absolute atomic E-state index is 0.122. The van der Waals surface area contributed by atoms with Crippen LogP contribution in [0.15, 0.2) is 36.4 Å². The molecule has 5 fully saturated rings. The van der Waals surface area contributed by atoms with Crippen LogP contribution in [-0.2, 0) is 0 Å². The number of aromatic carboxylic acids is 1. The number of aromatic nitrogens is 1. The molecule has 0 radical (unpaired) electrons. The molecule has 4 saturated carbocycles. The van der Waals surface area contributed by atoms with E-state index >= 15 is 0 Å². The molecule has 9 heteroatoms. The van der Waals surface area contributed by atoms with E-state index in [1.54, 1.807) is 18.2 Å². The highest BCUT2D eigenvalue weighted by Crippen LogP contribution is 2.55. The summed E-state index contributed by atoms with van der Waals surface area (Å²) in [5.41, 5.74) is 0.975. The number of nitrogens with one attached hydrogen (secondary N) is 1. The number of methoxy groups -OCH3 is 1. The van der Waals surface area contributed by atoms with Crippen LogP contribution in [0, 0.1) is 17.8 Å². The van der Waals surface area contributed by atoms with Crippen molar-refractivity contribution in [3.8, 4) is 5.75 Å². The molecule has 0 unspecified atom stereocenters. The summed E-state index contributed by atoms with van der Waals surface area (Å²) >= 11 is 0. The number of aliphatic hydroxyl groups is 1. The first-order chi connectivity index (χ1) is 18.2. The maximum Gasteiger partial charge on any atom is 0.339 e. The van der Waals surface area contributed by atoms with Crippen LogP contribution in [-0.4, -0.2) is 71.5 Å². The van der Waals surface area contributed by atoms with E-state index in [1.165, 1.54) is 7.11 Å². The number of pyridine rings is 1. The minimum Gasteiger partial charge on any atom is -0.496 e. The van der Waals surface area contributed by atoms with Crippen molar-refractivity contribution >= 4 is 23.4 Å². The molecule has 202 valence electrons. The molecule has 1 amide bonds. The number of hydrogen-bond donors (Lipinski definition) is 3. The van der Waals surface area contributed by atoms with Gasteiger partial charge in [0.25, 0.3) is 5.91 Å². The number of carbonyl (C=O) groups excluding carboxylic acids is 1. The molecule has 4 bridgehead atoms. The average Bonchev–Trinajstić information content (AvgIpc) is 2.89. The predicted molar refractivity (Wildman–Crippen MR) is 143 cm³/mol. The highest BCUT2D eigenvalue weighted by atomic mass is 16.5. The SMILES string of the molecule is COc1cc(N2CCN(c3cccc(C(=O)NC4[C@H]5CC6C[C@H]4CC(O)(C6)C5)n3)[C@@H](C)C2)ccc1C(=O)O. The van der Waals surface area contributed by atoms with Crippen LogP contribution in [0.2, 0.25) is 0 Å². The van der Waals surface area contributed by atoms with Gasteiger partial charge in [0.15, 0.2) is 0 Å². The summed E-state index contributed by atoms with van der Waals surface area (Å²) in [4.78, 5) is 33.9. The molecule has 1 saturated heterocycles. The monoisotopic (exact) mass is 520 g/mol. The van der Waals surface area contributed by atoms with Gasteiger partial charge in [-0.3, -0.25) is 4.79 Å². The topological polar surface area (TPSA) is 115 Å². The number of anilines is 2. The first-order valence-corrected chi connectivity index (χ1v) is 13.7. The third-order valence-corrected chi connectivity index (χ3v) is 9.21. The second-order valence-corrected chi connectivity index (χ2v) is 11.8. The largest absolute Gasteiger partial charge is 0.496 e. The van der Waals surface area contributed by atoms with Gasteiger partial charge in [0.05, 0.1) is 12.7 Å². The highest BCUT2D eigenvalue weighted by molar-refractivity contribution is 5.93. The van der Waals surface area contributed by atoms with Gasteiger partial charge >= 0.3 is 5.97 Å². The Morgan fingerprint density at radius 3 is 2.53 bits per heavy atom. The van der Waals surface area contributed by atoms with E-state index in [2.05, 4.69) is 22.0 Å². The quantitative estimate of drug-likeness (QED) is 0.532. The number of ether oxygens (including phenoxy) is 1. The summed E-state index contributed by atoms with van der Waals surface area (Å²) < 4.78 is 5.30. The van der Waals surface area contributed by atoms with E-state index in [1.807, 2.05) is 18.2 Å². The van der Waals surface area contributed by atoms with E-state index in [0.29, 0.717) is 29.2 Å². The van der Waals surface area contributed by atoms with Gasteiger partial charge in [0.1, 0.15) is 22.8 Å². The van der Waals surface area contributed by atoms with Crippen molar-refractivity contribution in [3.63, 3.8) is 0 Å². The molecular formula is C29H36N4O5. The van der Waals surface area contributed by atoms with Gasteiger partial charge in [-0.1, -0.05) is 6.07 Å². The summed E-state index contributed by atoms with van der Waals surface area (Å²) in [6.07, 6.45) is 4.72. The lowest BCUT2D eigenvalue weighted by Gasteiger charge is -2.58. The number of piperazine rings is 1. The van der Waals surface area contributed by atoms with E-state index in [-0.39, 0.29) is 23.6 Å². The molecular weight excluding hydrogens is 484 g/mol. The van der Waals surface area contributed by atoms with Gasteiger partial charge < -0.3 is 30.1 Å². The van der Waals surface area contributed by atoms with Gasteiger partial charge in [0, 0.05) is 43.5 Å². The van der Waals surface area contributed by atoms with Crippen molar-refractivity contribution in [2.24, 2.45) is 17.8 Å². The first-order valence-electron chi connectivity index (χ1n) is 13.7. The minimum atomic E-state index is -1.01. The standard InChI is InChI=1S/C29H36N4O5/c1-17-16-32(21-6-7-22(28(35)36)24(12-21)38-2)8-9-33(17)25-5-3-4-23(30-25)27(34)31-26-19-10-18-11-20(26)15-29(37,13-18)14-19/h3-7,12,17-20,26,37H,8-11,13-16H2,1-2H3,(H,31,34)(H,35,36)/t17-,18?,19-,20-,26?,29?/m0/s1. The van der Waals surface area contributed by atoms with Crippen LogP contribution < -0.4 is 19.9 Å². The van der Waals surface area contributed by atoms with Crippen molar-refractivity contribution < 1.29 is 24.5 Å². The number of carboxylic acid groups (broad SMARTS) is 1. The molecule has 2 aromatic rings. The third kappa shape index (κ3) is 4.46. The fraction of sp³-hybridized carbons (Fsp3) is 0.552. The van der Waals surface area contributed by atoms with Gasteiger partial charge in [-0.15, -0.1) is 0 Å². The second-order valence-electron chi connectivity index (χ2n) is 11.8. The Bertz CT molecular complexity index is 1240. The maximum absolute atomic E-state index is 13.3. The normalized spacial score (nSPS) is 31.8. The summed E-state index contributed by atoms with van der Waals surface area (Å²) in [6, 6.07) is 11.1. The zero-order valence-corrected chi connectivity index (χ0v) is 22.0. The molecule has 7 rings (SSSR count). The number of rotatable bonds is 6. The smallest absolute Gasteiger partial charge is 0.339 e. The zero-order valence-electron chi connectivity index (χ0n) is 22.0. The van der Waals surface area contributed by atoms with Crippen LogP contribution in [0.5, 0.6) is 5.75 Å². The number of carboxylic acids is 1. The molecule has 0 spiro atoms. The number of hydrogen-bond acceptors (Lipinski definition) is 7. The number of carbonyl (C=O) groups is 2. The Morgan fingerprint density at radius 1 is 1.11 bits per heavy atom.